The number of methoxy groups -OCH3 is 1. The highest BCUT2D eigenvalue weighted by molar-refractivity contribution is 6.31. The number of carbonyl (C=O) groups is 1. The van der Waals surface area contributed by atoms with E-state index in [2.05, 4.69) is 15.3 Å². The smallest absolute Gasteiger partial charge is 0.141 e. The van der Waals surface area contributed by atoms with Gasteiger partial charge in [0.25, 0.3) is 0 Å². The molecule has 2 aromatic carbocycles. The van der Waals surface area contributed by atoms with Crippen LogP contribution in [0.15, 0.2) is 36.7 Å². The lowest BCUT2D eigenvalue weighted by atomic mass is 10.1. The average molecular weight is 361 g/mol. The molecule has 3 aromatic rings. The highest BCUT2D eigenvalue weighted by atomic mass is 35.5. The average Bonchev–Trinajstić information content (AvgIpc) is 2.57. The standard InChI is InChI=1S/C17H13ClFN3O3/c1-25-15-7-14-11(4-9(15)5-16(23)24)17(21-8-20-14)22-10-2-3-13(19)12(18)6-10/h2-4,6-8H,5H2,1H3,(H,23,24)(H,20,21,22)/p-1. The molecule has 128 valence electrons. The first kappa shape index (κ1) is 16.9. The zero-order valence-corrected chi connectivity index (χ0v) is 13.8. The summed E-state index contributed by atoms with van der Waals surface area (Å²) >= 11 is 5.78. The number of carbonyl (C=O) groups excluding carboxylic acids is 1. The number of halogens is 2. The number of nitrogens with zero attached hydrogens (tertiary/aromatic N) is 2. The van der Waals surface area contributed by atoms with Crippen molar-refractivity contribution in [2.24, 2.45) is 0 Å². The molecule has 0 amide bonds. The lowest BCUT2D eigenvalue weighted by molar-refractivity contribution is -0.304. The Hall–Kier alpha value is -2.93. The number of rotatable bonds is 5. The number of benzene rings is 2. The minimum Gasteiger partial charge on any atom is -0.550 e. The molecule has 0 fully saturated rings. The number of aromatic nitrogens is 2. The molecule has 0 saturated heterocycles. The van der Waals surface area contributed by atoms with Gasteiger partial charge in [0.1, 0.15) is 23.7 Å². The molecule has 0 spiro atoms. The molecule has 1 N–H and O–H groups in total. The second-order valence-electron chi connectivity index (χ2n) is 5.21. The van der Waals surface area contributed by atoms with E-state index in [0.29, 0.717) is 33.7 Å². The Kier molecular flexibility index (Phi) is 4.67. The van der Waals surface area contributed by atoms with Crippen molar-refractivity contribution < 1.29 is 19.0 Å². The summed E-state index contributed by atoms with van der Waals surface area (Å²) < 4.78 is 18.5. The fourth-order valence-electron chi connectivity index (χ4n) is 2.42. The zero-order valence-electron chi connectivity index (χ0n) is 13.0. The Morgan fingerprint density at radius 2 is 2.12 bits per heavy atom. The molecule has 0 radical (unpaired) electrons. The molecule has 0 atom stereocenters. The predicted octanol–water partition coefficient (Wildman–Crippen LogP) is 2.47. The van der Waals surface area contributed by atoms with Crippen molar-refractivity contribution in [3.8, 4) is 5.75 Å². The van der Waals surface area contributed by atoms with E-state index < -0.39 is 11.8 Å². The second kappa shape index (κ2) is 6.90. The number of carboxylic acids is 1. The number of fused-ring (bicyclic) bond motifs is 1. The topological polar surface area (TPSA) is 87.2 Å². The Morgan fingerprint density at radius 3 is 2.80 bits per heavy atom. The summed E-state index contributed by atoms with van der Waals surface area (Å²) in [5.74, 6) is -0.934. The van der Waals surface area contributed by atoms with Crippen molar-refractivity contribution in [2.45, 2.75) is 6.42 Å². The summed E-state index contributed by atoms with van der Waals surface area (Å²) in [5.41, 5.74) is 1.53. The van der Waals surface area contributed by atoms with E-state index in [1.165, 1.54) is 31.6 Å². The van der Waals surface area contributed by atoms with Gasteiger partial charge in [-0.3, -0.25) is 0 Å². The van der Waals surface area contributed by atoms with Gasteiger partial charge in [-0.05, 0) is 24.3 Å². The summed E-state index contributed by atoms with van der Waals surface area (Å²) in [7, 11) is 1.45. The van der Waals surface area contributed by atoms with Crippen LogP contribution in [0.1, 0.15) is 5.56 Å². The first-order chi connectivity index (χ1) is 12.0. The number of ether oxygens (including phenoxy) is 1. The Bertz CT molecular complexity index is 965. The highest BCUT2D eigenvalue weighted by Gasteiger charge is 2.11. The quantitative estimate of drug-likeness (QED) is 0.752. The van der Waals surface area contributed by atoms with E-state index in [1.54, 1.807) is 12.1 Å². The van der Waals surface area contributed by atoms with Crippen molar-refractivity contribution in [3.05, 3.63) is 53.1 Å². The van der Waals surface area contributed by atoms with E-state index in [-0.39, 0.29) is 11.4 Å². The van der Waals surface area contributed by atoms with Crippen LogP contribution in [0.2, 0.25) is 5.02 Å². The lowest BCUT2D eigenvalue weighted by Crippen LogP contribution is -2.24. The summed E-state index contributed by atoms with van der Waals surface area (Å²) in [6.45, 7) is 0. The molecule has 3 rings (SSSR count). The van der Waals surface area contributed by atoms with Crippen LogP contribution in [0.3, 0.4) is 0 Å². The van der Waals surface area contributed by atoms with Crippen LogP contribution in [-0.4, -0.2) is 23.0 Å². The second-order valence-corrected chi connectivity index (χ2v) is 5.61. The summed E-state index contributed by atoms with van der Waals surface area (Å²) in [6.07, 6.45) is 1.05. The van der Waals surface area contributed by atoms with E-state index in [4.69, 9.17) is 16.3 Å². The van der Waals surface area contributed by atoms with Crippen molar-refractivity contribution in [2.75, 3.05) is 12.4 Å². The molecule has 1 heterocycles. The molecule has 6 nitrogen and oxygen atoms in total. The third-order valence-corrected chi connectivity index (χ3v) is 3.84. The number of nitrogens with one attached hydrogen (secondary N) is 1. The predicted molar refractivity (Wildman–Crippen MR) is 89.5 cm³/mol. The van der Waals surface area contributed by atoms with E-state index in [9.17, 15) is 14.3 Å². The maximum Gasteiger partial charge on any atom is 0.141 e. The molecule has 1 aromatic heterocycles. The minimum absolute atomic E-state index is 0.0253. The summed E-state index contributed by atoms with van der Waals surface area (Å²) in [5, 5.41) is 14.5. The third-order valence-electron chi connectivity index (χ3n) is 3.55. The molecule has 0 aliphatic heterocycles. The summed E-state index contributed by atoms with van der Waals surface area (Å²) in [6, 6.07) is 7.42. The first-order valence-corrected chi connectivity index (χ1v) is 7.59. The van der Waals surface area contributed by atoms with Crippen LogP contribution < -0.4 is 15.2 Å². The monoisotopic (exact) mass is 360 g/mol. The lowest BCUT2D eigenvalue weighted by Gasteiger charge is -2.13. The molecule has 0 aliphatic rings. The van der Waals surface area contributed by atoms with Crippen LogP contribution in [-0.2, 0) is 11.2 Å². The number of hydrogen-bond acceptors (Lipinski definition) is 6. The Morgan fingerprint density at radius 1 is 1.32 bits per heavy atom. The van der Waals surface area contributed by atoms with Crippen molar-refractivity contribution in [1.82, 2.24) is 9.97 Å². The first-order valence-electron chi connectivity index (χ1n) is 7.21. The Labute approximate surface area is 147 Å². The van der Waals surface area contributed by atoms with Crippen LogP contribution in [0.25, 0.3) is 10.9 Å². The maximum absolute atomic E-state index is 13.3. The SMILES string of the molecule is COc1cc2ncnc(Nc3ccc(F)c(Cl)c3)c2cc1CC(=O)[O-]. The van der Waals surface area contributed by atoms with E-state index in [1.807, 2.05) is 0 Å². The Balaban J connectivity index is 2.08. The fraction of sp³-hybridized carbons (Fsp3) is 0.118. The zero-order chi connectivity index (χ0) is 18.0. The number of hydrogen-bond donors (Lipinski definition) is 1. The van der Waals surface area contributed by atoms with Gasteiger partial charge in [-0.15, -0.1) is 0 Å². The van der Waals surface area contributed by atoms with Crippen molar-refractivity contribution in [1.29, 1.82) is 0 Å². The molecule has 0 saturated carbocycles. The molecular weight excluding hydrogens is 349 g/mol. The van der Waals surface area contributed by atoms with Crippen molar-refractivity contribution in [3.63, 3.8) is 0 Å². The van der Waals surface area contributed by atoms with Gasteiger partial charge in [0, 0.05) is 35.1 Å². The van der Waals surface area contributed by atoms with E-state index >= 15 is 0 Å². The van der Waals surface area contributed by atoms with Gasteiger partial charge in [0.2, 0.25) is 0 Å². The van der Waals surface area contributed by atoms with Gasteiger partial charge in [-0.1, -0.05) is 11.6 Å². The van der Waals surface area contributed by atoms with Gasteiger partial charge >= 0.3 is 0 Å². The molecule has 0 aliphatic carbocycles. The summed E-state index contributed by atoms with van der Waals surface area (Å²) in [4.78, 5) is 19.3. The van der Waals surface area contributed by atoms with Gasteiger partial charge in [0.05, 0.1) is 17.6 Å². The molecular formula is C17H12ClFN3O3-. The molecule has 8 heteroatoms. The number of anilines is 2. The third kappa shape index (κ3) is 3.61. The number of carboxylic acid groups (broad SMARTS) is 1. The van der Waals surface area contributed by atoms with Crippen LogP contribution in [0, 0.1) is 5.82 Å². The fourth-order valence-corrected chi connectivity index (χ4v) is 2.60. The van der Waals surface area contributed by atoms with Crippen LogP contribution in [0.4, 0.5) is 15.9 Å². The molecule has 0 unspecified atom stereocenters. The largest absolute Gasteiger partial charge is 0.550 e. The number of aliphatic carboxylic acids is 1. The molecule has 0 bridgehead atoms. The maximum atomic E-state index is 13.3. The minimum atomic E-state index is -1.23. The van der Waals surface area contributed by atoms with Gasteiger partial charge < -0.3 is 20.0 Å². The molecule has 25 heavy (non-hydrogen) atoms. The van der Waals surface area contributed by atoms with Gasteiger partial charge in [-0.25, -0.2) is 14.4 Å². The van der Waals surface area contributed by atoms with Gasteiger partial charge in [0.15, 0.2) is 0 Å². The van der Waals surface area contributed by atoms with Crippen molar-refractivity contribution >= 4 is 40.0 Å². The highest BCUT2D eigenvalue weighted by Crippen LogP contribution is 2.30. The van der Waals surface area contributed by atoms with Gasteiger partial charge in [-0.2, -0.15) is 0 Å². The van der Waals surface area contributed by atoms with Crippen LogP contribution >= 0.6 is 11.6 Å². The van der Waals surface area contributed by atoms with E-state index in [0.717, 1.165) is 0 Å². The normalized spacial score (nSPS) is 10.7. The van der Waals surface area contributed by atoms with Crippen LogP contribution in [0.5, 0.6) is 5.75 Å².